The van der Waals surface area contributed by atoms with Gasteiger partial charge in [0.1, 0.15) is 0 Å². The molecule has 3 N–H and O–H groups in total. The third-order valence-corrected chi connectivity index (χ3v) is 5.46. The number of urea groups is 1. The van der Waals surface area contributed by atoms with Crippen LogP contribution in [0.5, 0.6) is 0 Å². The van der Waals surface area contributed by atoms with Crippen LogP contribution in [0, 0.1) is 0 Å². The molecule has 1 heterocycles. The van der Waals surface area contributed by atoms with E-state index < -0.39 is 5.97 Å². The van der Waals surface area contributed by atoms with Gasteiger partial charge in [-0.2, -0.15) is 11.8 Å². The third-order valence-electron chi connectivity index (χ3n) is 4.19. The Balaban J connectivity index is 1.48. The van der Waals surface area contributed by atoms with Crippen LogP contribution in [0.3, 0.4) is 0 Å². The fourth-order valence-corrected chi connectivity index (χ4v) is 4.07. The predicted molar refractivity (Wildman–Crippen MR) is 99.0 cm³/mol. The highest BCUT2D eigenvalue weighted by atomic mass is 32.2. The SMILES string of the molecule is O=C(NCc1ccc(C(=O)O)cc1)NCC1SCCc2ccccc21. The van der Waals surface area contributed by atoms with Gasteiger partial charge in [-0.1, -0.05) is 36.4 Å². The molecule has 2 aromatic carbocycles. The Morgan fingerprint density at radius 2 is 1.84 bits per heavy atom. The number of fused-ring (bicyclic) bond motifs is 1. The first-order valence-corrected chi connectivity index (χ1v) is 9.21. The predicted octanol–water partition coefficient (Wildman–Crippen LogP) is 3.21. The Hall–Kier alpha value is -2.47. The van der Waals surface area contributed by atoms with E-state index in [4.69, 9.17) is 5.11 Å². The number of benzene rings is 2. The first-order chi connectivity index (χ1) is 12.1. The van der Waals surface area contributed by atoms with Gasteiger partial charge in [-0.3, -0.25) is 0 Å². The molecule has 0 radical (unpaired) electrons. The van der Waals surface area contributed by atoms with E-state index in [2.05, 4.69) is 28.8 Å². The molecule has 0 saturated heterocycles. The maximum absolute atomic E-state index is 12.0. The van der Waals surface area contributed by atoms with Crippen LogP contribution in [0.4, 0.5) is 4.79 Å². The molecule has 3 rings (SSSR count). The van der Waals surface area contributed by atoms with Crippen LogP contribution in [0.25, 0.3) is 0 Å². The third kappa shape index (κ3) is 4.54. The Morgan fingerprint density at radius 3 is 2.60 bits per heavy atom. The second-order valence-corrected chi connectivity index (χ2v) is 7.18. The molecule has 6 heteroatoms. The number of amides is 2. The summed E-state index contributed by atoms with van der Waals surface area (Å²) in [5.74, 6) is 0.114. The molecular formula is C19H20N2O3S. The van der Waals surface area contributed by atoms with Crippen molar-refractivity contribution in [1.82, 2.24) is 10.6 Å². The summed E-state index contributed by atoms with van der Waals surface area (Å²) in [4.78, 5) is 22.8. The summed E-state index contributed by atoms with van der Waals surface area (Å²) in [6.45, 7) is 0.950. The molecule has 0 bridgehead atoms. The molecule has 0 spiro atoms. The van der Waals surface area contributed by atoms with E-state index >= 15 is 0 Å². The number of carbonyl (C=O) groups is 2. The second-order valence-electron chi connectivity index (χ2n) is 5.87. The number of hydrogen-bond acceptors (Lipinski definition) is 3. The molecule has 0 fully saturated rings. The number of hydrogen-bond donors (Lipinski definition) is 3. The fourth-order valence-electron chi connectivity index (χ4n) is 2.84. The summed E-state index contributed by atoms with van der Waals surface area (Å²) in [6.07, 6.45) is 1.08. The molecule has 1 atom stereocenters. The summed E-state index contributed by atoms with van der Waals surface area (Å²) < 4.78 is 0. The van der Waals surface area contributed by atoms with Crippen molar-refractivity contribution in [2.75, 3.05) is 12.3 Å². The number of carboxylic acid groups (broad SMARTS) is 1. The smallest absolute Gasteiger partial charge is 0.335 e. The number of carbonyl (C=O) groups excluding carboxylic acids is 1. The van der Waals surface area contributed by atoms with Gasteiger partial charge in [-0.25, -0.2) is 9.59 Å². The van der Waals surface area contributed by atoms with Crippen LogP contribution in [-0.4, -0.2) is 29.4 Å². The van der Waals surface area contributed by atoms with Crippen LogP contribution in [-0.2, 0) is 13.0 Å². The van der Waals surface area contributed by atoms with E-state index in [-0.39, 0.29) is 16.8 Å². The van der Waals surface area contributed by atoms with Crippen LogP contribution < -0.4 is 10.6 Å². The molecule has 2 aromatic rings. The van der Waals surface area contributed by atoms with Gasteiger partial charge in [0.25, 0.3) is 0 Å². The zero-order valence-electron chi connectivity index (χ0n) is 13.7. The number of carboxylic acids is 1. The van der Waals surface area contributed by atoms with Crippen molar-refractivity contribution in [2.24, 2.45) is 0 Å². The summed E-state index contributed by atoms with van der Waals surface area (Å²) >= 11 is 1.87. The van der Waals surface area contributed by atoms with Crippen LogP contribution in [0.1, 0.15) is 32.3 Å². The minimum Gasteiger partial charge on any atom is -0.478 e. The average molecular weight is 356 g/mol. The second kappa shape index (κ2) is 8.07. The number of aromatic carboxylic acids is 1. The van der Waals surface area contributed by atoms with Crippen molar-refractivity contribution in [3.8, 4) is 0 Å². The summed E-state index contributed by atoms with van der Waals surface area (Å²) in [7, 11) is 0. The normalized spacial score (nSPS) is 15.9. The molecule has 0 aliphatic carbocycles. The molecular weight excluding hydrogens is 336 g/mol. The van der Waals surface area contributed by atoms with Crippen LogP contribution in [0.2, 0.25) is 0 Å². The Morgan fingerprint density at radius 1 is 1.08 bits per heavy atom. The quantitative estimate of drug-likeness (QED) is 0.769. The minimum absolute atomic E-state index is 0.217. The first kappa shape index (κ1) is 17.4. The van der Waals surface area contributed by atoms with Gasteiger partial charge in [-0.05, 0) is 41.0 Å². The van der Waals surface area contributed by atoms with E-state index in [1.165, 1.54) is 23.3 Å². The van der Waals surface area contributed by atoms with E-state index in [9.17, 15) is 9.59 Å². The summed E-state index contributed by atoms with van der Waals surface area (Å²) in [6, 6.07) is 14.7. The molecule has 1 unspecified atom stereocenters. The molecule has 5 nitrogen and oxygen atoms in total. The van der Waals surface area contributed by atoms with Crippen molar-refractivity contribution >= 4 is 23.8 Å². The fraction of sp³-hybridized carbons (Fsp3) is 0.263. The number of aryl methyl sites for hydroxylation is 1. The molecule has 25 heavy (non-hydrogen) atoms. The zero-order valence-corrected chi connectivity index (χ0v) is 14.5. The highest BCUT2D eigenvalue weighted by Crippen LogP contribution is 2.35. The average Bonchev–Trinajstić information content (AvgIpc) is 2.65. The molecule has 1 aliphatic heterocycles. The van der Waals surface area contributed by atoms with Crippen molar-refractivity contribution in [1.29, 1.82) is 0 Å². The van der Waals surface area contributed by atoms with Crippen molar-refractivity contribution < 1.29 is 14.7 Å². The maximum atomic E-state index is 12.0. The number of nitrogens with one attached hydrogen (secondary N) is 2. The van der Waals surface area contributed by atoms with Crippen molar-refractivity contribution in [2.45, 2.75) is 18.2 Å². The highest BCUT2D eigenvalue weighted by molar-refractivity contribution is 7.99. The van der Waals surface area contributed by atoms with Crippen LogP contribution >= 0.6 is 11.8 Å². The summed E-state index contributed by atoms with van der Waals surface area (Å²) in [5, 5.41) is 14.9. The highest BCUT2D eigenvalue weighted by Gasteiger charge is 2.20. The topological polar surface area (TPSA) is 78.4 Å². The Kier molecular flexibility index (Phi) is 5.60. The van der Waals surface area contributed by atoms with Gasteiger partial charge in [0, 0.05) is 18.3 Å². The largest absolute Gasteiger partial charge is 0.478 e. The summed E-state index contributed by atoms with van der Waals surface area (Å²) in [5.41, 5.74) is 3.77. The lowest BCUT2D eigenvalue weighted by molar-refractivity contribution is 0.0697. The lowest BCUT2D eigenvalue weighted by Gasteiger charge is -2.25. The van der Waals surface area contributed by atoms with Gasteiger partial charge in [-0.15, -0.1) is 0 Å². The minimum atomic E-state index is -0.956. The number of thioether (sulfide) groups is 1. The van der Waals surface area contributed by atoms with E-state index in [0.717, 1.165) is 17.7 Å². The van der Waals surface area contributed by atoms with Crippen LogP contribution in [0.15, 0.2) is 48.5 Å². The Bertz CT molecular complexity index is 762. The van der Waals surface area contributed by atoms with E-state index in [1.54, 1.807) is 12.1 Å². The molecule has 0 aromatic heterocycles. The molecule has 130 valence electrons. The lowest BCUT2D eigenvalue weighted by Crippen LogP contribution is -2.37. The molecule has 1 aliphatic rings. The van der Waals surface area contributed by atoms with Gasteiger partial charge >= 0.3 is 12.0 Å². The number of rotatable bonds is 5. The Labute approximate surface area is 150 Å². The van der Waals surface area contributed by atoms with Crippen molar-refractivity contribution in [3.63, 3.8) is 0 Å². The lowest BCUT2D eigenvalue weighted by atomic mass is 10.0. The first-order valence-electron chi connectivity index (χ1n) is 8.17. The maximum Gasteiger partial charge on any atom is 0.335 e. The van der Waals surface area contributed by atoms with Gasteiger partial charge < -0.3 is 15.7 Å². The zero-order chi connectivity index (χ0) is 17.6. The monoisotopic (exact) mass is 356 g/mol. The van der Waals surface area contributed by atoms with Gasteiger partial charge in [0.15, 0.2) is 0 Å². The van der Waals surface area contributed by atoms with Gasteiger partial charge in [0.05, 0.1) is 5.56 Å². The van der Waals surface area contributed by atoms with E-state index in [1.807, 2.05) is 17.8 Å². The van der Waals surface area contributed by atoms with Crippen molar-refractivity contribution in [3.05, 3.63) is 70.8 Å². The van der Waals surface area contributed by atoms with E-state index in [0.29, 0.717) is 13.1 Å². The van der Waals surface area contributed by atoms with Gasteiger partial charge in [0.2, 0.25) is 0 Å². The molecule has 0 saturated carbocycles. The standard InChI is InChI=1S/C19H20N2O3S/c22-18(23)15-7-5-13(6-8-15)11-20-19(24)21-12-17-16-4-2-1-3-14(16)9-10-25-17/h1-8,17H,9-12H2,(H,22,23)(H2,20,21,24). The molecule has 2 amide bonds.